The molecule has 0 aliphatic heterocycles. The minimum atomic E-state index is -0.714. The van der Waals surface area contributed by atoms with E-state index in [0.717, 1.165) is 5.56 Å². The van der Waals surface area contributed by atoms with Crippen molar-refractivity contribution in [3.05, 3.63) is 57.8 Å². The summed E-state index contributed by atoms with van der Waals surface area (Å²) in [5, 5.41) is 25.0. The lowest BCUT2D eigenvalue weighted by atomic mass is 10.1. The van der Waals surface area contributed by atoms with Crippen molar-refractivity contribution in [2.24, 2.45) is 0 Å². The molecule has 96 valence electrons. The number of hydrogen-bond donors (Lipinski definition) is 2. The number of carbonyl (C=O) groups excluding carboxylic acids is 1. The zero-order chi connectivity index (χ0) is 13.7. The molecular weight excluding hydrogens is 260 g/mol. The molecular formula is C14H12N2O2S. The van der Waals surface area contributed by atoms with Crippen LogP contribution < -0.4 is 5.32 Å². The maximum absolute atomic E-state index is 11.9. The first-order chi connectivity index (χ1) is 9.20. The molecule has 0 spiro atoms. The van der Waals surface area contributed by atoms with Crippen LogP contribution in [0.2, 0.25) is 0 Å². The molecule has 0 fully saturated rings. The highest BCUT2D eigenvalue weighted by Crippen LogP contribution is 2.15. The van der Waals surface area contributed by atoms with Gasteiger partial charge >= 0.3 is 0 Å². The van der Waals surface area contributed by atoms with Crippen LogP contribution >= 0.6 is 11.3 Å². The fourth-order valence-electron chi connectivity index (χ4n) is 1.60. The van der Waals surface area contributed by atoms with Gasteiger partial charge in [0.25, 0.3) is 5.91 Å². The third-order valence-corrected chi connectivity index (χ3v) is 3.34. The molecule has 19 heavy (non-hydrogen) atoms. The lowest BCUT2D eigenvalue weighted by Gasteiger charge is -2.10. The maximum atomic E-state index is 11.9. The lowest BCUT2D eigenvalue weighted by molar-refractivity contribution is 0.0916. The van der Waals surface area contributed by atoms with E-state index in [1.807, 2.05) is 22.9 Å². The van der Waals surface area contributed by atoms with E-state index in [1.165, 1.54) is 17.4 Å². The third-order valence-electron chi connectivity index (χ3n) is 2.64. The molecule has 0 bridgehead atoms. The van der Waals surface area contributed by atoms with E-state index in [4.69, 9.17) is 5.26 Å². The van der Waals surface area contributed by atoms with Crippen LogP contribution in [-0.2, 0) is 0 Å². The van der Waals surface area contributed by atoms with E-state index < -0.39 is 6.10 Å². The average Bonchev–Trinajstić information content (AvgIpc) is 2.98. The zero-order valence-corrected chi connectivity index (χ0v) is 10.9. The summed E-state index contributed by atoms with van der Waals surface area (Å²) in [7, 11) is 0. The summed E-state index contributed by atoms with van der Waals surface area (Å²) in [6, 6.07) is 10.2. The second-order valence-corrected chi connectivity index (χ2v) is 4.76. The Kier molecular flexibility index (Phi) is 4.29. The summed E-state index contributed by atoms with van der Waals surface area (Å²) in [5.74, 6) is -0.300. The topological polar surface area (TPSA) is 73.1 Å². The standard InChI is InChI=1S/C14H12N2O2S/c15-7-10-2-1-3-11(6-10)14(18)16-8-13(17)12-4-5-19-9-12/h1-6,9,13,17H,8H2,(H,16,18). The van der Waals surface area contributed by atoms with Crippen molar-refractivity contribution in [2.75, 3.05) is 6.54 Å². The van der Waals surface area contributed by atoms with Gasteiger partial charge in [0.2, 0.25) is 0 Å². The smallest absolute Gasteiger partial charge is 0.251 e. The number of nitriles is 1. The predicted octanol–water partition coefficient (Wildman–Crippen LogP) is 2.08. The molecule has 2 rings (SSSR count). The number of rotatable bonds is 4. The second kappa shape index (κ2) is 6.14. The monoisotopic (exact) mass is 272 g/mol. The molecule has 2 aromatic rings. The highest BCUT2D eigenvalue weighted by atomic mass is 32.1. The van der Waals surface area contributed by atoms with Crippen molar-refractivity contribution in [3.63, 3.8) is 0 Å². The fourth-order valence-corrected chi connectivity index (χ4v) is 2.31. The summed E-state index contributed by atoms with van der Waals surface area (Å²) in [6.45, 7) is 0.145. The third kappa shape index (κ3) is 3.41. The van der Waals surface area contributed by atoms with E-state index in [0.29, 0.717) is 11.1 Å². The molecule has 1 amide bonds. The number of nitrogens with one attached hydrogen (secondary N) is 1. The molecule has 1 aromatic heterocycles. The van der Waals surface area contributed by atoms with Gasteiger partial charge in [-0.3, -0.25) is 4.79 Å². The number of hydrogen-bond acceptors (Lipinski definition) is 4. The van der Waals surface area contributed by atoms with Crippen LogP contribution in [0.1, 0.15) is 27.6 Å². The van der Waals surface area contributed by atoms with Gasteiger partial charge in [-0.2, -0.15) is 16.6 Å². The van der Waals surface area contributed by atoms with Gasteiger partial charge in [0, 0.05) is 12.1 Å². The highest BCUT2D eigenvalue weighted by Gasteiger charge is 2.11. The second-order valence-electron chi connectivity index (χ2n) is 3.98. The van der Waals surface area contributed by atoms with Crippen LogP contribution in [0.25, 0.3) is 0 Å². The number of amides is 1. The normalized spacial score (nSPS) is 11.6. The molecule has 0 saturated heterocycles. The molecule has 0 aliphatic rings. The first kappa shape index (κ1) is 13.3. The fraction of sp³-hybridized carbons (Fsp3) is 0.143. The van der Waals surface area contributed by atoms with Crippen molar-refractivity contribution >= 4 is 17.2 Å². The first-order valence-electron chi connectivity index (χ1n) is 5.69. The summed E-state index contributed by atoms with van der Waals surface area (Å²) in [4.78, 5) is 11.9. The predicted molar refractivity (Wildman–Crippen MR) is 72.8 cm³/mol. The maximum Gasteiger partial charge on any atom is 0.251 e. The highest BCUT2D eigenvalue weighted by molar-refractivity contribution is 7.07. The van der Waals surface area contributed by atoms with Gasteiger partial charge in [0.15, 0.2) is 0 Å². The van der Waals surface area contributed by atoms with Crippen LogP contribution in [0.5, 0.6) is 0 Å². The molecule has 1 unspecified atom stereocenters. The van der Waals surface area contributed by atoms with Crippen LogP contribution in [-0.4, -0.2) is 17.6 Å². The number of aliphatic hydroxyl groups is 1. The summed E-state index contributed by atoms with van der Waals surface area (Å²) < 4.78 is 0. The molecule has 0 aliphatic carbocycles. The summed E-state index contributed by atoms with van der Waals surface area (Å²) in [5.41, 5.74) is 1.64. The van der Waals surface area contributed by atoms with Crippen molar-refractivity contribution in [2.45, 2.75) is 6.10 Å². The number of aliphatic hydroxyl groups excluding tert-OH is 1. The molecule has 0 radical (unpaired) electrons. The SMILES string of the molecule is N#Cc1cccc(C(=O)NCC(O)c2ccsc2)c1. The number of carbonyl (C=O) groups is 1. The van der Waals surface area contributed by atoms with Gasteiger partial charge in [-0.15, -0.1) is 0 Å². The Morgan fingerprint density at radius 3 is 3.00 bits per heavy atom. The minimum absolute atomic E-state index is 0.145. The van der Waals surface area contributed by atoms with Crippen LogP contribution in [0, 0.1) is 11.3 Å². The Morgan fingerprint density at radius 2 is 2.32 bits per heavy atom. The van der Waals surface area contributed by atoms with Crippen LogP contribution in [0.4, 0.5) is 0 Å². The molecule has 0 saturated carbocycles. The van der Waals surface area contributed by atoms with Gasteiger partial charge in [-0.05, 0) is 40.6 Å². The molecule has 1 aromatic carbocycles. The van der Waals surface area contributed by atoms with E-state index in [-0.39, 0.29) is 12.5 Å². The molecule has 1 atom stereocenters. The van der Waals surface area contributed by atoms with Gasteiger partial charge in [0.05, 0.1) is 17.7 Å². The van der Waals surface area contributed by atoms with E-state index in [9.17, 15) is 9.90 Å². The molecule has 4 nitrogen and oxygen atoms in total. The summed E-state index contributed by atoms with van der Waals surface area (Å²) >= 11 is 1.49. The zero-order valence-electron chi connectivity index (χ0n) is 10.0. The van der Waals surface area contributed by atoms with E-state index >= 15 is 0 Å². The molecule has 1 heterocycles. The van der Waals surface area contributed by atoms with Gasteiger partial charge in [-0.1, -0.05) is 6.07 Å². The quantitative estimate of drug-likeness (QED) is 0.895. The van der Waals surface area contributed by atoms with E-state index in [2.05, 4.69) is 5.32 Å². The Balaban J connectivity index is 1.96. The number of thiophene rings is 1. The molecule has 5 heteroatoms. The Hall–Kier alpha value is -2.16. The lowest BCUT2D eigenvalue weighted by Crippen LogP contribution is -2.28. The van der Waals surface area contributed by atoms with Gasteiger partial charge in [-0.25, -0.2) is 0 Å². The Morgan fingerprint density at radius 1 is 1.47 bits per heavy atom. The van der Waals surface area contributed by atoms with Gasteiger partial charge < -0.3 is 10.4 Å². The van der Waals surface area contributed by atoms with Crippen LogP contribution in [0.15, 0.2) is 41.1 Å². The van der Waals surface area contributed by atoms with Gasteiger partial charge in [0.1, 0.15) is 0 Å². The Bertz CT molecular complexity index is 602. The van der Waals surface area contributed by atoms with Crippen molar-refractivity contribution in [3.8, 4) is 6.07 Å². The van der Waals surface area contributed by atoms with Crippen molar-refractivity contribution in [1.82, 2.24) is 5.32 Å². The average molecular weight is 272 g/mol. The Labute approximate surface area is 114 Å². The largest absolute Gasteiger partial charge is 0.387 e. The van der Waals surface area contributed by atoms with E-state index in [1.54, 1.807) is 18.2 Å². The first-order valence-corrected chi connectivity index (χ1v) is 6.63. The van der Waals surface area contributed by atoms with Crippen LogP contribution in [0.3, 0.4) is 0 Å². The number of benzene rings is 1. The van der Waals surface area contributed by atoms with Crippen molar-refractivity contribution < 1.29 is 9.90 Å². The van der Waals surface area contributed by atoms with Crippen molar-refractivity contribution in [1.29, 1.82) is 5.26 Å². The summed E-state index contributed by atoms with van der Waals surface area (Å²) in [6.07, 6.45) is -0.714. The molecule has 2 N–H and O–H groups in total. The number of nitrogens with zero attached hydrogens (tertiary/aromatic N) is 1. The minimum Gasteiger partial charge on any atom is -0.387 e.